The summed E-state index contributed by atoms with van der Waals surface area (Å²) >= 11 is 0. The highest BCUT2D eigenvalue weighted by Crippen LogP contribution is 2.16. The average molecular weight is 548 g/mol. The van der Waals surface area contributed by atoms with Crippen LogP contribution in [0.3, 0.4) is 0 Å². The van der Waals surface area contributed by atoms with Gasteiger partial charge in [-0.25, -0.2) is 4.68 Å². The third-order valence-electron chi connectivity index (χ3n) is 4.63. The van der Waals surface area contributed by atoms with E-state index in [0.717, 1.165) is 17.8 Å². The standard InChI is InChI=1S/C23H28N6O2.HI/c1-3-24-23(26-14-13-25-22(31)18-8-10-21(30)11-9-18)28-17(2)19-6-4-7-20(16-19)29-15-5-12-27-29;/h4-12,15-17,30H,3,13-14H2,1-2H3,(H,25,31)(H2,24,26,28);1H. The maximum absolute atomic E-state index is 12.1. The number of aliphatic imine (C=N–C) groups is 1. The first-order chi connectivity index (χ1) is 15.1. The summed E-state index contributed by atoms with van der Waals surface area (Å²) in [5.74, 6) is 0.613. The van der Waals surface area contributed by atoms with E-state index in [1.807, 2.05) is 36.0 Å². The minimum atomic E-state index is -0.197. The van der Waals surface area contributed by atoms with Gasteiger partial charge in [-0.15, -0.1) is 24.0 Å². The fraction of sp³-hybridized carbons (Fsp3) is 0.261. The Morgan fingerprint density at radius 2 is 1.94 bits per heavy atom. The lowest BCUT2D eigenvalue weighted by atomic mass is 10.1. The van der Waals surface area contributed by atoms with E-state index in [1.165, 1.54) is 12.1 Å². The molecule has 4 N–H and O–H groups in total. The molecule has 170 valence electrons. The van der Waals surface area contributed by atoms with Crippen molar-refractivity contribution in [3.8, 4) is 11.4 Å². The molecule has 1 heterocycles. The smallest absolute Gasteiger partial charge is 0.251 e. The van der Waals surface area contributed by atoms with Crippen molar-refractivity contribution in [2.75, 3.05) is 19.6 Å². The highest BCUT2D eigenvalue weighted by atomic mass is 127. The van der Waals surface area contributed by atoms with Crippen LogP contribution in [0.5, 0.6) is 5.75 Å². The van der Waals surface area contributed by atoms with E-state index in [2.05, 4.69) is 45.1 Å². The molecule has 0 saturated heterocycles. The number of hydrogen-bond acceptors (Lipinski definition) is 4. The van der Waals surface area contributed by atoms with Gasteiger partial charge in [0.25, 0.3) is 5.91 Å². The van der Waals surface area contributed by atoms with Gasteiger partial charge in [0.2, 0.25) is 0 Å². The summed E-state index contributed by atoms with van der Waals surface area (Å²) in [6.07, 6.45) is 3.67. The normalized spacial score (nSPS) is 11.9. The molecule has 1 atom stereocenters. The van der Waals surface area contributed by atoms with E-state index in [9.17, 15) is 9.90 Å². The van der Waals surface area contributed by atoms with E-state index in [-0.39, 0.29) is 41.7 Å². The molecule has 0 bridgehead atoms. The van der Waals surface area contributed by atoms with Crippen LogP contribution in [0.2, 0.25) is 0 Å². The van der Waals surface area contributed by atoms with Crippen molar-refractivity contribution in [2.45, 2.75) is 19.9 Å². The molecule has 0 aliphatic heterocycles. The molecule has 0 spiro atoms. The number of carbonyl (C=O) groups is 1. The zero-order valence-corrected chi connectivity index (χ0v) is 20.5. The maximum atomic E-state index is 12.1. The molecular formula is C23H29IN6O2. The number of hydrogen-bond donors (Lipinski definition) is 4. The van der Waals surface area contributed by atoms with E-state index in [4.69, 9.17) is 0 Å². The molecule has 1 aromatic heterocycles. The SMILES string of the molecule is CCNC(=NCCNC(=O)c1ccc(O)cc1)NC(C)c1cccc(-n2cccn2)c1.I. The number of phenolic OH excluding ortho intramolecular Hbond substituents is 1. The first kappa shape index (κ1) is 25.2. The molecule has 32 heavy (non-hydrogen) atoms. The van der Waals surface area contributed by atoms with Gasteiger partial charge in [-0.3, -0.25) is 9.79 Å². The second kappa shape index (κ2) is 12.7. The quantitative estimate of drug-likeness (QED) is 0.150. The van der Waals surface area contributed by atoms with Crippen molar-refractivity contribution in [2.24, 2.45) is 4.99 Å². The Hall–Kier alpha value is -3.08. The predicted molar refractivity (Wildman–Crippen MR) is 137 cm³/mol. The Labute approximate surface area is 205 Å². The predicted octanol–water partition coefficient (Wildman–Crippen LogP) is 3.24. The fourth-order valence-electron chi connectivity index (χ4n) is 3.02. The lowest BCUT2D eigenvalue weighted by molar-refractivity contribution is 0.0955. The van der Waals surface area contributed by atoms with Crippen molar-refractivity contribution in [1.82, 2.24) is 25.7 Å². The number of amides is 1. The van der Waals surface area contributed by atoms with Crippen molar-refractivity contribution in [1.29, 1.82) is 0 Å². The second-order valence-corrected chi connectivity index (χ2v) is 6.98. The highest BCUT2D eigenvalue weighted by Gasteiger charge is 2.09. The van der Waals surface area contributed by atoms with Crippen LogP contribution < -0.4 is 16.0 Å². The van der Waals surface area contributed by atoms with Gasteiger partial charge >= 0.3 is 0 Å². The lowest BCUT2D eigenvalue weighted by Crippen LogP contribution is -2.39. The van der Waals surface area contributed by atoms with E-state index < -0.39 is 0 Å². The van der Waals surface area contributed by atoms with Crippen LogP contribution in [-0.4, -0.2) is 46.4 Å². The summed E-state index contributed by atoms with van der Waals surface area (Å²) in [5, 5.41) is 23.1. The number of guanidine groups is 1. The molecule has 0 radical (unpaired) electrons. The fourth-order valence-corrected chi connectivity index (χ4v) is 3.02. The van der Waals surface area contributed by atoms with Gasteiger partial charge in [-0.1, -0.05) is 12.1 Å². The number of nitrogens with zero attached hydrogens (tertiary/aromatic N) is 3. The lowest BCUT2D eigenvalue weighted by Gasteiger charge is -2.19. The Morgan fingerprint density at radius 1 is 1.16 bits per heavy atom. The third-order valence-corrected chi connectivity index (χ3v) is 4.63. The van der Waals surface area contributed by atoms with Crippen LogP contribution in [0.1, 0.15) is 35.8 Å². The number of benzene rings is 2. The average Bonchev–Trinajstić information content (AvgIpc) is 3.32. The number of carbonyl (C=O) groups excluding carboxylic acids is 1. The first-order valence-electron chi connectivity index (χ1n) is 10.3. The van der Waals surface area contributed by atoms with Gasteiger partial charge < -0.3 is 21.1 Å². The summed E-state index contributed by atoms with van der Waals surface area (Å²) in [6.45, 7) is 5.64. The molecule has 2 aromatic carbocycles. The van der Waals surface area contributed by atoms with Gasteiger partial charge in [0.15, 0.2) is 5.96 Å². The van der Waals surface area contributed by atoms with Crippen LogP contribution in [0.4, 0.5) is 0 Å². The number of halogens is 1. The minimum Gasteiger partial charge on any atom is -0.508 e. The number of nitrogens with one attached hydrogen (secondary N) is 3. The van der Waals surface area contributed by atoms with Gasteiger partial charge in [0.1, 0.15) is 5.75 Å². The second-order valence-electron chi connectivity index (χ2n) is 6.98. The Bertz CT molecular complexity index is 1010. The number of aromatic hydroxyl groups is 1. The van der Waals surface area contributed by atoms with Crippen LogP contribution >= 0.6 is 24.0 Å². The van der Waals surface area contributed by atoms with E-state index in [0.29, 0.717) is 24.6 Å². The molecule has 8 nitrogen and oxygen atoms in total. The molecule has 0 aliphatic rings. The van der Waals surface area contributed by atoms with Gasteiger partial charge in [-0.2, -0.15) is 5.10 Å². The molecule has 1 amide bonds. The maximum Gasteiger partial charge on any atom is 0.251 e. The van der Waals surface area contributed by atoms with Crippen LogP contribution in [0, 0.1) is 0 Å². The summed E-state index contributed by atoms with van der Waals surface area (Å²) in [7, 11) is 0. The Kier molecular flexibility index (Phi) is 9.99. The minimum absolute atomic E-state index is 0. The summed E-state index contributed by atoms with van der Waals surface area (Å²) in [6, 6.07) is 16.2. The summed E-state index contributed by atoms with van der Waals surface area (Å²) in [5.41, 5.74) is 2.60. The van der Waals surface area contributed by atoms with Crippen molar-refractivity contribution >= 4 is 35.8 Å². The zero-order valence-electron chi connectivity index (χ0n) is 18.2. The monoisotopic (exact) mass is 548 g/mol. The molecule has 0 aliphatic carbocycles. The van der Waals surface area contributed by atoms with Gasteiger partial charge in [0, 0.05) is 31.0 Å². The van der Waals surface area contributed by atoms with Crippen molar-refractivity contribution in [3.63, 3.8) is 0 Å². The van der Waals surface area contributed by atoms with E-state index >= 15 is 0 Å². The Morgan fingerprint density at radius 3 is 2.62 bits per heavy atom. The van der Waals surface area contributed by atoms with Gasteiger partial charge in [-0.05, 0) is 61.9 Å². The van der Waals surface area contributed by atoms with Crippen molar-refractivity contribution < 1.29 is 9.90 Å². The number of rotatable bonds is 8. The van der Waals surface area contributed by atoms with Crippen LogP contribution in [0.25, 0.3) is 5.69 Å². The Balaban J connectivity index is 0.00000363. The van der Waals surface area contributed by atoms with Crippen molar-refractivity contribution in [3.05, 3.63) is 78.1 Å². The molecule has 0 fully saturated rings. The zero-order chi connectivity index (χ0) is 22.1. The van der Waals surface area contributed by atoms with Crippen LogP contribution in [-0.2, 0) is 0 Å². The van der Waals surface area contributed by atoms with Crippen LogP contribution in [0.15, 0.2) is 72.0 Å². The number of phenols is 1. The van der Waals surface area contributed by atoms with Gasteiger partial charge in [0.05, 0.1) is 18.3 Å². The highest BCUT2D eigenvalue weighted by molar-refractivity contribution is 14.0. The molecular weight excluding hydrogens is 519 g/mol. The first-order valence-corrected chi connectivity index (χ1v) is 10.3. The topological polar surface area (TPSA) is 104 Å². The molecule has 0 saturated carbocycles. The molecule has 9 heteroatoms. The third kappa shape index (κ3) is 7.26. The largest absolute Gasteiger partial charge is 0.508 e. The molecule has 1 unspecified atom stereocenters. The number of aromatic nitrogens is 2. The van der Waals surface area contributed by atoms with E-state index in [1.54, 1.807) is 18.3 Å². The molecule has 3 aromatic rings. The molecule has 3 rings (SSSR count). The summed E-state index contributed by atoms with van der Waals surface area (Å²) < 4.78 is 1.83. The summed E-state index contributed by atoms with van der Waals surface area (Å²) in [4.78, 5) is 16.7.